The number of rotatable bonds is 4. The molecule has 4 nitrogen and oxygen atoms in total. The van der Waals surface area contributed by atoms with E-state index in [1.165, 1.54) is 4.90 Å². The lowest BCUT2D eigenvalue weighted by atomic mass is 10.0. The number of aliphatic hydroxyl groups excluding tert-OH is 1. The highest BCUT2D eigenvalue weighted by molar-refractivity contribution is 5.80. The Kier molecular flexibility index (Phi) is 4.46. The third-order valence-electron chi connectivity index (χ3n) is 2.41. The van der Waals surface area contributed by atoms with Crippen molar-refractivity contribution in [1.29, 1.82) is 0 Å². The first kappa shape index (κ1) is 12.7. The van der Waals surface area contributed by atoms with Gasteiger partial charge in [0, 0.05) is 20.1 Å². The molecule has 4 heteroatoms. The third kappa shape index (κ3) is 3.32. The van der Waals surface area contributed by atoms with Crippen LogP contribution in [0.2, 0.25) is 0 Å². The molecule has 0 bridgehead atoms. The van der Waals surface area contributed by atoms with E-state index >= 15 is 0 Å². The zero-order chi connectivity index (χ0) is 12.1. The molecule has 0 heterocycles. The molecule has 16 heavy (non-hydrogen) atoms. The van der Waals surface area contributed by atoms with Crippen LogP contribution >= 0.6 is 0 Å². The van der Waals surface area contributed by atoms with Gasteiger partial charge < -0.3 is 15.7 Å². The predicted octanol–water partition coefficient (Wildman–Crippen LogP) is 0.00550. The Labute approximate surface area is 95.7 Å². The molecule has 0 spiro atoms. The Morgan fingerprint density at radius 1 is 1.38 bits per heavy atom. The van der Waals surface area contributed by atoms with Crippen LogP contribution in [-0.4, -0.2) is 42.2 Å². The number of likely N-dealkylation sites (N-methyl/N-ethyl adjacent to an activating group) is 1. The molecule has 0 saturated carbocycles. The molecule has 0 fully saturated rings. The maximum absolute atomic E-state index is 11.5. The summed E-state index contributed by atoms with van der Waals surface area (Å²) in [5.41, 5.74) is 6.80. The molecular formula is C12H18N2O2. The van der Waals surface area contributed by atoms with Crippen LogP contribution in [0.25, 0.3) is 0 Å². The maximum atomic E-state index is 11.5. The summed E-state index contributed by atoms with van der Waals surface area (Å²) in [6.45, 7) is 0. The maximum Gasteiger partial charge on any atom is 0.252 e. The summed E-state index contributed by atoms with van der Waals surface area (Å²) in [7, 11) is 3.20. The van der Waals surface area contributed by atoms with Gasteiger partial charge in [-0.15, -0.1) is 0 Å². The normalized spacial score (nSPS) is 14.2. The van der Waals surface area contributed by atoms with Gasteiger partial charge in [-0.2, -0.15) is 0 Å². The average Bonchev–Trinajstić information content (AvgIpc) is 2.28. The minimum absolute atomic E-state index is 0.358. The monoisotopic (exact) mass is 222 g/mol. The molecule has 0 saturated heterocycles. The Balaban J connectivity index is 2.59. The van der Waals surface area contributed by atoms with Gasteiger partial charge in [0.1, 0.15) is 6.10 Å². The summed E-state index contributed by atoms with van der Waals surface area (Å²) in [6.07, 6.45) is -0.656. The molecule has 1 aromatic rings. The van der Waals surface area contributed by atoms with E-state index in [1.54, 1.807) is 14.1 Å². The van der Waals surface area contributed by atoms with Gasteiger partial charge in [0.25, 0.3) is 5.91 Å². The number of nitrogens with two attached hydrogens (primary N) is 1. The van der Waals surface area contributed by atoms with Crippen LogP contribution in [0.4, 0.5) is 0 Å². The summed E-state index contributed by atoms with van der Waals surface area (Å²) < 4.78 is 0. The zero-order valence-corrected chi connectivity index (χ0v) is 9.63. The molecule has 2 atom stereocenters. The Morgan fingerprint density at radius 2 is 1.94 bits per heavy atom. The summed E-state index contributed by atoms with van der Waals surface area (Å²) >= 11 is 0. The fourth-order valence-corrected chi connectivity index (χ4v) is 1.45. The zero-order valence-electron chi connectivity index (χ0n) is 9.63. The lowest BCUT2D eigenvalue weighted by Crippen LogP contribution is -2.46. The second-order valence-electron chi connectivity index (χ2n) is 4.03. The summed E-state index contributed by atoms with van der Waals surface area (Å²) in [5, 5.41) is 9.70. The van der Waals surface area contributed by atoms with Crippen LogP contribution in [0.1, 0.15) is 5.56 Å². The van der Waals surface area contributed by atoms with Crippen molar-refractivity contribution in [1.82, 2.24) is 4.90 Å². The number of amides is 1. The van der Waals surface area contributed by atoms with Crippen molar-refractivity contribution in [3.63, 3.8) is 0 Å². The largest absolute Gasteiger partial charge is 0.382 e. The Hall–Kier alpha value is -1.39. The topological polar surface area (TPSA) is 66.6 Å². The number of aliphatic hydroxyl groups is 1. The molecule has 3 N–H and O–H groups in total. The number of hydrogen-bond acceptors (Lipinski definition) is 3. The standard InChI is InChI=1S/C12H18N2O2/c1-14(2)12(16)11(15)10(13)8-9-6-4-3-5-7-9/h3-7,10-11,15H,8,13H2,1-2H3/t10-,11-/m0/s1. The summed E-state index contributed by atoms with van der Waals surface area (Å²) in [6, 6.07) is 9.00. The second kappa shape index (κ2) is 5.63. The van der Waals surface area contributed by atoms with Crippen molar-refractivity contribution in [2.75, 3.05) is 14.1 Å². The van der Waals surface area contributed by atoms with Crippen LogP contribution in [0, 0.1) is 0 Å². The number of benzene rings is 1. The van der Waals surface area contributed by atoms with Crippen LogP contribution in [0.5, 0.6) is 0 Å². The fourth-order valence-electron chi connectivity index (χ4n) is 1.45. The molecule has 1 amide bonds. The van der Waals surface area contributed by atoms with Crippen molar-refractivity contribution in [3.05, 3.63) is 35.9 Å². The molecule has 0 radical (unpaired) electrons. The van der Waals surface area contributed by atoms with Crippen molar-refractivity contribution >= 4 is 5.91 Å². The van der Waals surface area contributed by atoms with Gasteiger partial charge in [-0.3, -0.25) is 4.79 Å². The van der Waals surface area contributed by atoms with Crippen LogP contribution < -0.4 is 5.73 Å². The van der Waals surface area contributed by atoms with E-state index < -0.39 is 12.1 Å². The van der Waals surface area contributed by atoms with Gasteiger partial charge in [-0.05, 0) is 12.0 Å². The molecule has 0 aliphatic rings. The van der Waals surface area contributed by atoms with E-state index in [0.717, 1.165) is 5.56 Å². The van der Waals surface area contributed by atoms with E-state index in [4.69, 9.17) is 5.73 Å². The van der Waals surface area contributed by atoms with E-state index in [2.05, 4.69) is 0 Å². The highest BCUT2D eigenvalue weighted by Gasteiger charge is 2.24. The molecule has 0 unspecified atom stereocenters. The van der Waals surface area contributed by atoms with Gasteiger partial charge in [-0.1, -0.05) is 30.3 Å². The van der Waals surface area contributed by atoms with Gasteiger partial charge in [0.05, 0.1) is 0 Å². The first-order chi connectivity index (χ1) is 7.52. The minimum Gasteiger partial charge on any atom is -0.382 e. The van der Waals surface area contributed by atoms with Gasteiger partial charge in [0.15, 0.2) is 0 Å². The Morgan fingerprint density at radius 3 is 2.44 bits per heavy atom. The molecular weight excluding hydrogens is 204 g/mol. The molecule has 1 rings (SSSR count). The molecule has 0 aliphatic heterocycles. The van der Waals surface area contributed by atoms with Crippen LogP contribution in [0.15, 0.2) is 30.3 Å². The number of carbonyl (C=O) groups excluding carboxylic acids is 1. The lowest BCUT2D eigenvalue weighted by molar-refractivity contribution is -0.138. The summed E-state index contributed by atoms with van der Waals surface area (Å²) in [5.74, 6) is -0.358. The van der Waals surface area contributed by atoms with E-state index in [0.29, 0.717) is 6.42 Å². The van der Waals surface area contributed by atoms with E-state index in [9.17, 15) is 9.90 Å². The fraction of sp³-hybridized carbons (Fsp3) is 0.417. The van der Waals surface area contributed by atoms with Crippen molar-refractivity contribution < 1.29 is 9.90 Å². The smallest absolute Gasteiger partial charge is 0.252 e. The number of hydrogen-bond donors (Lipinski definition) is 2. The minimum atomic E-state index is -1.14. The van der Waals surface area contributed by atoms with Crippen molar-refractivity contribution in [3.8, 4) is 0 Å². The first-order valence-corrected chi connectivity index (χ1v) is 5.21. The van der Waals surface area contributed by atoms with Crippen LogP contribution in [0.3, 0.4) is 0 Å². The average molecular weight is 222 g/mol. The number of nitrogens with zero attached hydrogens (tertiary/aromatic N) is 1. The second-order valence-corrected chi connectivity index (χ2v) is 4.03. The van der Waals surface area contributed by atoms with Gasteiger partial charge >= 0.3 is 0 Å². The first-order valence-electron chi connectivity index (χ1n) is 5.21. The highest BCUT2D eigenvalue weighted by atomic mass is 16.3. The van der Waals surface area contributed by atoms with Crippen molar-refractivity contribution in [2.24, 2.45) is 5.73 Å². The molecule has 88 valence electrons. The van der Waals surface area contributed by atoms with Gasteiger partial charge in [0.2, 0.25) is 0 Å². The third-order valence-corrected chi connectivity index (χ3v) is 2.41. The van der Waals surface area contributed by atoms with Gasteiger partial charge in [-0.25, -0.2) is 0 Å². The van der Waals surface area contributed by atoms with Crippen LogP contribution in [-0.2, 0) is 11.2 Å². The highest BCUT2D eigenvalue weighted by Crippen LogP contribution is 2.05. The number of carbonyl (C=O) groups is 1. The van der Waals surface area contributed by atoms with E-state index in [-0.39, 0.29) is 5.91 Å². The lowest BCUT2D eigenvalue weighted by Gasteiger charge is -2.21. The SMILES string of the molecule is CN(C)C(=O)[C@@H](O)[C@@H](N)Cc1ccccc1. The summed E-state index contributed by atoms with van der Waals surface area (Å²) in [4.78, 5) is 12.8. The quantitative estimate of drug-likeness (QED) is 0.754. The molecule has 1 aromatic carbocycles. The van der Waals surface area contributed by atoms with E-state index in [1.807, 2.05) is 30.3 Å². The molecule has 0 aliphatic carbocycles. The van der Waals surface area contributed by atoms with Crippen molar-refractivity contribution in [2.45, 2.75) is 18.6 Å². The Bertz CT molecular complexity index is 338. The predicted molar refractivity (Wildman–Crippen MR) is 62.8 cm³/mol. The molecule has 0 aromatic heterocycles.